The third-order valence-corrected chi connectivity index (χ3v) is 5.10. The first-order chi connectivity index (χ1) is 13.2. The fourth-order valence-corrected chi connectivity index (χ4v) is 3.61. The predicted octanol–water partition coefficient (Wildman–Crippen LogP) is 2.64. The van der Waals surface area contributed by atoms with E-state index < -0.39 is 0 Å². The molecule has 0 bridgehead atoms. The maximum absolute atomic E-state index is 12.5. The smallest absolute Gasteiger partial charge is 0.338 e. The van der Waals surface area contributed by atoms with Crippen molar-refractivity contribution in [3.63, 3.8) is 0 Å². The molecule has 0 radical (unpaired) electrons. The fourth-order valence-electron chi connectivity index (χ4n) is 3.61. The molecule has 0 aliphatic carbocycles. The molecule has 1 aliphatic rings. The summed E-state index contributed by atoms with van der Waals surface area (Å²) in [4.78, 5) is 26.7. The van der Waals surface area contributed by atoms with Crippen LogP contribution in [0.2, 0.25) is 0 Å². The number of aromatic amines is 1. The monoisotopic (exact) mass is 362 g/mol. The number of hydrogen-bond donors (Lipinski definition) is 1. The molecular weight excluding hydrogens is 340 g/mol. The second-order valence-electron chi connectivity index (χ2n) is 6.90. The zero-order valence-corrected chi connectivity index (χ0v) is 15.3. The molecule has 4 rings (SSSR count). The Balaban J connectivity index is 1.59. The number of benzene rings is 2. The average molecular weight is 362 g/mol. The fraction of sp³-hybridized carbons (Fsp3) is 0.286. The van der Waals surface area contributed by atoms with Gasteiger partial charge in [0.05, 0.1) is 5.69 Å². The number of rotatable bonds is 5. The Morgan fingerprint density at radius 1 is 1.04 bits per heavy atom. The van der Waals surface area contributed by atoms with Crippen molar-refractivity contribution in [2.24, 2.45) is 0 Å². The minimum Gasteiger partial charge on any atom is -0.338 e. The Labute approximate surface area is 157 Å². The Morgan fingerprint density at radius 2 is 1.78 bits per heavy atom. The molecule has 1 aliphatic heterocycles. The number of amides is 1. The van der Waals surface area contributed by atoms with Crippen molar-refractivity contribution in [2.75, 3.05) is 6.54 Å². The summed E-state index contributed by atoms with van der Waals surface area (Å²) in [5.74, 6) is 0.603. The minimum absolute atomic E-state index is 0.0900. The Hall–Kier alpha value is -3.15. The number of nitrogens with zero attached hydrogens (tertiary/aromatic N) is 3. The highest BCUT2D eigenvalue weighted by molar-refractivity contribution is 5.79. The number of aryl methyl sites for hydroxylation is 1. The van der Waals surface area contributed by atoms with Gasteiger partial charge >= 0.3 is 5.69 Å². The van der Waals surface area contributed by atoms with Crippen LogP contribution in [0.15, 0.2) is 59.4 Å². The standard InChI is InChI=1S/C21H22N4O2/c1-2-15-8-10-18(11-9-15)25-20(22-23-21(25)27)17-12-19(26)24(14-17)13-16-6-4-3-5-7-16/h3-11,17H,2,12-14H2,1H3,(H,23,27)/t17-/m1/s1. The summed E-state index contributed by atoms with van der Waals surface area (Å²) in [6, 6.07) is 17.8. The van der Waals surface area contributed by atoms with Crippen LogP contribution >= 0.6 is 0 Å². The van der Waals surface area contributed by atoms with E-state index in [-0.39, 0.29) is 17.5 Å². The van der Waals surface area contributed by atoms with Gasteiger partial charge in [0.15, 0.2) is 0 Å². The lowest BCUT2D eigenvalue weighted by Crippen LogP contribution is -2.25. The third kappa shape index (κ3) is 3.43. The Morgan fingerprint density at radius 3 is 2.48 bits per heavy atom. The molecule has 1 fully saturated rings. The van der Waals surface area contributed by atoms with Crippen molar-refractivity contribution in [3.8, 4) is 5.69 Å². The third-order valence-electron chi connectivity index (χ3n) is 5.10. The van der Waals surface area contributed by atoms with E-state index in [0.29, 0.717) is 25.3 Å². The summed E-state index contributed by atoms with van der Waals surface area (Å²) in [6.45, 7) is 3.23. The largest absolute Gasteiger partial charge is 0.347 e. The predicted molar refractivity (Wildman–Crippen MR) is 103 cm³/mol. The molecule has 2 heterocycles. The van der Waals surface area contributed by atoms with Crippen LogP contribution in [0.25, 0.3) is 5.69 Å². The second kappa shape index (κ2) is 7.23. The minimum atomic E-state index is -0.275. The maximum Gasteiger partial charge on any atom is 0.347 e. The first kappa shape index (κ1) is 17.3. The highest BCUT2D eigenvalue weighted by Gasteiger charge is 2.34. The van der Waals surface area contributed by atoms with Gasteiger partial charge in [-0.05, 0) is 29.7 Å². The van der Waals surface area contributed by atoms with Gasteiger partial charge in [0.1, 0.15) is 5.82 Å². The van der Waals surface area contributed by atoms with Crippen molar-refractivity contribution in [1.82, 2.24) is 19.7 Å². The quantitative estimate of drug-likeness (QED) is 0.758. The van der Waals surface area contributed by atoms with Crippen LogP contribution in [0.3, 0.4) is 0 Å². The highest BCUT2D eigenvalue weighted by Crippen LogP contribution is 2.28. The van der Waals surface area contributed by atoms with Gasteiger partial charge in [-0.3, -0.25) is 4.79 Å². The second-order valence-corrected chi connectivity index (χ2v) is 6.90. The molecule has 1 atom stereocenters. The Bertz CT molecular complexity index is 989. The summed E-state index contributed by atoms with van der Waals surface area (Å²) < 4.78 is 1.59. The number of hydrogen-bond acceptors (Lipinski definition) is 3. The molecular formula is C21H22N4O2. The van der Waals surface area contributed by atoms with E-state index in [1.54, 1.807) is 4.57 Å². The van der Waals surface area contributed by atoms with Crippen LogP contribution in [0.1, 0.15) is 36.2 Å². The number of aromatic nitrogens is 3. The van der Waals surface area contributed by atoms with Crippen LogP contribution in [-0.4, -0.2) is 32.1 Å². The van der Waals surface area contributed by atoms with Gasteiger partial charge in [0.25, 0.3) is 0 Å². The number of carbonyl (C=O) groups is 1. The van der Waals surface area contributed by atoms with Crippen molar-refractivity contribution in [3.05, 3.63) is 82.0 Å². The number of nitrogens with one attached hydrogen (secondary N) is 1. The van der Waals surface area contributed by atoms with E-state index in [9.17, 15) is 9.59 Å². The molecule has 6 heteroatoms. The van der Waals surface area contributed by atoms with Gasteiger partial charge in [-0.15, -0.1) is 0 Å². The molecule has 0 saturated carbocycles. The highest BCUT2D eigenvalue weighted by atomic mass is 16.2. The van der Waals surface area contributed by atoms with Crippen LogP contribution < -0.4 is 5.69 Å². The van der Waals surface area contributed by atoms with E-state index in [4.69, 9.17) is 0 Å². The SMILES string of the molecule is CCc1ccc(-n2c([C@@H]3CC(=O)N(Cc4ccccc4)C3)n[nH]c2=O)cc1. The van der Waals surface area contributed by atoms with E-state index in [2.05, 4.69) is 17.1 Å². The molecule has 3 aromatic rings. The summed E-state index contributed by atoms with van der Waals surface area (Å²) in [6.07, 6.45) is 1.31. The van der Waals surface area contributed by atoms with E-state index in [0.717, 1.165) is 17.7 Å². The van der Waals surface area contributed by atoms with Crippen LogP contribution in [-0.2, 0) is 17.8 Å². The van der Waals surface area contributed by atoms with Gasteiger partial charge in [0.2, 0.25) is 5.91 Å². The summed E-state index contributed by atoms with van der Waals surface area (Å²) >= 11 is 0. The molecule has 2 aromatic carbocycles. The number of H-pyrrole nitrogens is 1. The summed E-state index contributed by atoms with van der Waals surface area (Å²) in [5, 5.41) is 6.79. The molecule has 1 amide bonds. The van der Waals surface area contributed by atoms with Crippen LogP contribution in [0, 0.1) is 0 Å². The maximum atomic E-state index is 12.5. The summed E-state index contributed by atoms with van der Waals surface area (Å²) in [5.41, 5.74) is 2.81. The topological polar surface area (TPSA) is 71.0 Å². The zero-order valence-electron chi connectivity index (χ0n) is 15.3. The van der Waals surface area contributed by atoms with Crippen LogP contribution in [0.4, 0.5) is 0 Å². The first-order valence-electron chi connectivity index (χ1n) is 9.24. The molecule has 1 saturated heterocycles. The van der Waals surface area contributed by atoms with Crippen molar-refractivity contribution < 1.29 is 4.79 Å². The lowest BCUT2D eigenvalue weighted by Gasteiger charge is -2.17. The van der Waals surface area contributed by atoms with E-state index in [1.807, 2.05) is 59.5 Å². The van der Waals surface area contributed by atoms with Crippen molar-refractivity contribution in [1.29, 1.82) is 0 Å². The molecule has 1 aromatic heterocycles. The number of carbonyl (C=O) groups excluding carboxylic acids is 1. The van der Waals surface area contributed by atoms with E-state index >= 15 is 0 Å². The number of likely N-dealkylation sites (tertiary alicyclic amines) is 1. The van der Waals surface area contributed by atoms with Gasteiger partial charge in [-0.1, -0.05) is 49.4 Å². The Kier molecular flexibility index (Phi) is 4.62. The molecule has 1 N–H and O–H groups in total. The van der Waals surface area contributed by atoms with Gasteiger partial charge in [-0.25, -0.2) is 14.5 Å². The molecule has 0 unspecified atom stereocenters. The lowest BCUT2D eigenvalue weighted by molar-refractivity contribution is -0.128. The van der Waals surface area contributed by atoms with Gasteiger partial charge < -0.3 is 4.90 Å². The van der Waals surface area contributed by atoms with E-state index in [1.165, 1.54) is 5.56 Å². The van der Waals surface area contributed by atoms with Gasteiger partial charge in [0, 0.05) is 25.4 Å². The van der Waals surface area contributed by atoms with Crippen molar-refractivity contribution >= 4 is 5.91 Å². The average Bonchev–Trinajstić information content (AvgIpc) is 3.25. The molecule has 0 spiro atoms. The normalized spacial score (nSPS) is 16.9. The lowest BCUT2D eigenvalue weighted by atomic mass is 10.1. The first-order valence-corrected chi connectivity index (χ1v) is 9.24. The zero-order chi connectivity index (χ0) is 18.8. The van der Waals surface area contributed by atoms with Crippen molar-refractivity contribution in [2.45, 2.75) is 32.2 Å². The molecule has 27 heavy (non-hydrogen) atoms. The summed E-state index contributed by atoms with van der Waals surface area (Å²) in [7, 11) is 0. The molecule has 138 valence electrons. The van der Waals surface area contributed by atoms with Crippen LogP contribution in [0.5, 0.6) is 0 Å². The van der Waals surface area contributed by atoms with Gasteiger partial charge in [-0.2, -0.15) is 5.10 Å². The molecule has 6 nitrogen and oxygen atoms in total.